The van der Waals surface area contributed by atoms with Crippen molar-refractivity contribution >= 4 is 23.4 Å². The first-order chi connectivity index (χ1) is 9.26. The van der Waals surface area contributed by atoms with Gasteiger partial charge in [-0.05, 0) is 32.4 Å². The summed E-state index contributed by atoms with van der Waals surface area (Å²) in [5, 5.41) is 2.98. The zero-order valence-electron chi connectivity index (χ0n) is 12.0. The molecule has 3 N–H and O–H groups in total. The van der Waals surface area contributed by atoms with E-state index in [4.69, 9.17) is 17.3 Å². The van der Waals surface area contributed by atoms with Crippen molar-refractivity contribution < 1.29 is 9.59 Å². The number of nitrogens with zero attached hydrogens (tertiary/aromatic N) is 1. The topological polar surface area (TPSA) is 85.1 Å². The molecule has 0 radical (unpaired) electrons. The van der Waals surface area contributed by atoms with E-state index in [2.05, 4.69) is 10.3 Å². The summed E-state index contributed by atoms with van der Waals surface area (Å²) >= 11 is 5.91. The van der Waals surface area contributed by atoms with Gasteiger partial charge in [0.25, 0.3) is 5.91 Å². The van der Waals surface area contributed by atoms with Crippen molar-refractivity contribution in [2.24, 2.45) is 11.1 Å². The summed E-state index contributed by atoms with van der Waals surface area (Å²) in [5.41, 5.74) is 5.68. The van der Waals surface area contributed by atoms with E-state index in [1.807, 2.05) is 6.92 Å². The molecule has 0 atom stereocenters. The van der Waals surface area contributed by atoms with Crippen molar-refractivity contribution in [2.45, 2.75) is 33.6 Å². The minimum absolute atomic E-state index is 0.171. The SMILES string of the molecule is CCCc1cc(C(=O)NCC(C)(C)C(N)=O)cc(Cl)n1. The summed E-state index contributed by atoms with van der Waals surface area (Å²) in [6.07, 6.45) is 1.68. The smallest absolute Gasteiger partial charge is 0.251 e. The molecule has 0 aliphatic heterocycles. The van der Waals surface area contributed by atoms with Gasteiger partial charge < -0.3 is 11.1 Å². The monoisotopic (exact) mass is 297 g/mol. The fraction of sp³-hybridized carbons (Fsp3) is 0.500. The van der Waals surface area contributed by atoms with Gasteiger partial charge in [0.1, 0.15) is 5.15 Å². The van der Waals surface area contributed by atoms with Crippen molar-refractivity contribution in [3.63, 3.8) is 0 Å². The van der Waals surface area contributed by atoms with Gasteiger partial charge in [0.05, 0.1) is 5.41 Å². The molecule has 110 valence electrons. The Hall–Kier alpha value is -1.62. The highest BCUT2D eigenvalue weighted by molar-refractivity contribution is 6.29. The van der Waals surface area contributed by atoms with Gasteiger partial charge in [-0.25, -0.2) is 4.98 Å². The predicted molar refractivity (Wildman–Crippen MR) is 78.6 cm³/mol. The number of aryl methyl sites for hydroxylation is 1. The molecule has 0 aliphatic rings. The third-order valence-corrected chi connectivity index (χ3v) is 3.17. The fourth-order valence-corrected chi connectivity index (χ4v) is 1.78. The normalized spacial score (nSPS) is 11.2. The molecule has 1 aromatic rings. The second-order valence-electron chi connectivity index (χ2n) is 5.35. The number of primary amides is 1. The molecule has 0 fully saturated rings. The Morgan fingerprint density at radius 3 is 2.60 bits per heavy atom. The number of nitrogens with two attached hydrogens (primary N) is 1. The molecule has 1 rings (SSSR count). The van der Waals surface area contributed by atoms with Crippen LogP contribution in [0.5, 0.6) is 0 Å². The predicted octanol–water partition coefficient (Wildman–Crippen LogP) is 1.93. The van der Waals surface area contributed by atoms with Crippen molar-refractivity contribution in [2.75, 3.05) is 6.54 Å². The van der Waals surface area contributed by atoms with Crippen LogP contribution in [0.25, 0.3) is 0 Å². The first kappa shape index (κ1) is 16.4. The molecular formula is C14H20ClN3O2. The number of amides is 2. The number of rotatable bonds is 6. The molecule has 0 saturated heterocycles. The van der Waals surface area contributed by atoms with Crippen LogP contribution >= 0.6 is 11.6 Å². The molecule has 0 bridgehead atoms. The molecule has 0 saturated carbocycles. The maximum Gasteiger partial charge on any atom is 0.251 e. The summed E-state index contributed by atoms with van der Waals surface area (Å²) < 4.78 is 0. The second kappa shape index (κ2) is 6.70. The van der Waals surface area contributed by atoms with Gasteiger partial charge in [0.15, 0.2) is 0 Å². The fourth-order valence-electron chi connectivity index (χ4n) is 1.56. The first-order valence-corrected chi connectivity index (χ1v) is 6.88. The van der Waals surface area contributed by atoms with Crippen LogP contribution in [0.3, 0.4) is 0 Å². The average Bonchev–Trinajstić information content (AvgIpc) is 2.35. The third-order valence-electron chi connectivity index (χ3n) is 2.97. The van der Waals surface area contributed by atoms with E-state index in [-0.39, 0.29) is 17.6 Å². The van der Waals surface area contributed by atoms with Gasteiger partial charge in [-0.2, -0.15) is 0 Å². The standard InChI is InChI=1S/C14H20ClN3O2/c1-4-5-10-6-9(7-11(15)18-10)12(19)17-8-14(2,3)13(16)20/h6-7H,4-5,8H2,1-3H3,(H2,16,20)(H,17,19). The molecule has 6 heteroatoms. The zero-order chi connectivity index (χ0) is 15.3. The Morgan fingerprint density at radius 2 is 2.05 bits per heavy atom. The number of nitrogens with one attached hydrogen (secondary N) is 1. The third kappa shape index (κ3) is 4.49. The lowest BCUT2D eigenvalue weighted by atomic mass is 9.92. The molecular weight excluding hydrogens is 278 g/mol. The molecule has 1 aromatic heterocycles. The van der Waals surface area contributed by atoms with Gasteiger partial charge in [-0.3, -0.25) is 9.59 Å². The molecule has 0 spiro atoms. The Labute approximate surface area is 123 Å². The number of hydrogen-bond donors (Lipinski definition) is 2. The summed E-state index contributed by atoms with van der Waals surface area (Å²) in [5.74, 6) is -0.752. The highest BCUT2D eigenvalue weighted by atomic mass is 35.5. The van der Waals surface area contributed by atoms with Crippen LogP contribution in [-0.4, -0.2) is 23.3 Å². The van der Waals surface area contributed by atoms with Gasteiger partial charge >= 0.3 is 0 Å². The van der Waals surface area contributed by atoms with E-state index in [9.17, 15) is 9.59 Å². The van der Waals surface area contributed by atoms with E-state index in [0.717, 1.165) is 18.5 Å². The minimum Gasteiger partial charge on any atom is -0.369 e. The second-order valence-corrected chi connectivity index (χ2v) is 5.74. The number of carbonyl (C=O) groups is 2. The molecule has 1 heterocycles. The van der Waals surface area contributed by atoms with E-state index in [1.54, 1.807) is 19.9 Å². The summed E-state index contributed by atoms with van der Waals surface area (Å²) in [7, 11) is 0. The van der Waals surface area contributed by atoms with Crippen molar-refractivity contribution in [1.29, 1.82) is 0 Å². The van der Waals surface area contributed by atoms with E-state index < -0.39 is 11.3 Å². The van der Waals surface area contributed by atoms with E-state index in [0.29, 0.717) is 5.56 Å². The Balaban J connectivity index is 2.80. The Kier molecular flexibility index (Phi) is 5.51. The van der Waals surface area contributed by atoms with Gasteiger partial charge in [-0.1, -0.05) is 24.9 Å². The van der Waals surface area contributed by atoms with Crippen molar-refractivity contribution in [3.05, 3.63) is 28.5 Å². The average molecular weight is 298 g/mol. The van der Waals surface area contributed by atoms with Crippen LogP contribution in [0.4, 0.5) is 0 Å². The van der Waals surface area contributed by atoms with E-state index >= 15 is 0 Å². The lowest BCUT2D eigenvalue weighted by Gasteiger charge is -2.20. The lowest BCUT2D eigenvalue weighted by molar-refractivity contribution is -0.125. The molecule has 5 nitrogen and oxygen atoms in total. The van der Waals surface area contributed by atoms with Gasteiger partial charge in [0, 0.05) is 17.8 Å². The highest BCUT2D eigenvalue weighted by Crippen LogP contribution is 2.15. The number of carbonyl (C=O) groups excluding carboxylic acids is 2. The maximum atomic E-state index is 12.1. The number of halogens is 1. The summed E-state index contributed by atoms with van der Waals surface area (Å²) in [6, 6.07) is 3.22. The number of aromatic nitrogens is 1. The minimum atomic E-state index is -0.793. The van der Waals surface area contributed by atoms with Crippen molar-refractivity contribution in [3.8, 4) is 0 Å². The van der Waals surface area contributed by atoms with Crippen LogP contribution < -0.4 is 11.1 Å². The van der Waals surface area contributed by atoms with Crippen molar-refractivity contribution in [1.82, 2.24) is 10.3 Å². The molecule has 0 unspecified atom stereocenters. The Bertz CT molecular complexity index is 515. The first-order valence-electron chi connectivity index (χ1n) is 6.51. The Morgan fingerprint density at radius 1 is 1.40 bits per heavy atom. The van der Waals surface area contributed by atoms with Crippen LogP contribution in [0, 0.1) is 5.41 Å². The van der Waals surface area contributed by atoms with E-state index in [1.165, 1.54) is 6.07 Å². The molecule has 0 aromatic carbocycles. The van der Waals surface area contributed by atoms with Crippen LogP contribution in [0.1, 0.15) is 43.2 Å². The number of pyridine rings is 1. The lowest BCUT2D eigenvalue weighted by Crippen LogP contribution is -2.42. The summed E-state index contributed by atoms with van der Waals surface area (Å²) in [6.45, 7) is 5.55. The van der Waals surface area contributed by atoms with Crippen LogP contribution in [0.15, 0.2) is 12.1 Å². The van der Waals surface area contributed by atoms with Gasteiger partial charge in [0.2, 0.25) is 5.91 Å². The highest BCUT2D eigenvalue weighted by Gasteiger charge is 2.25. The molecule has 0 aliphatic carbocycles. The molecule has 2 amide bonds. The van der Waals surface area contributed by atoms with Gasteiger partial charge in [-0.15, -0.1) is 0 Å². The maximum absolute atomic E-state index is 12.1. The quantitative estimate of drug-likeness (QED) is 0.787. The van der Waals surface area contributed by atoms with Crippen LogP contribution in [0.2, 0.25) is 5.15 Å². The number of hydrogen-bond acceptors (Lipinski definition) is 3. The summed E-state index contributed by atoms with van der Waals surface area (Å²) in [4.78, 5) is 27.4. The van der Waals surface area contributed by atoms with Crippen LogP contribution in [-0.2, 0) is 11.2 Å². The zero-order valence-corrected chi connectivity index (χ0v) is 12.8. The molecule has 20 heavy (non-hydrogen) atoms. The largest absolute Gasteiger partial charge is 0.369 e.